The minimum atomic E-state index is 0.452. The van der Waals surface area contributed by atoms with Crippen LogP contribution in [0.3, 0.4) is 0 Å². The van der Waals surface area contributed by atoms with E-state index in [4.69, 9.17) is 0 Å². The second-order valence-corrected chi connectivity index (χ2v) is 8.91. The fraction of sp³-hybridized carbons (Fsp3) is 0.600. The van der Waals surface area contributed by atoms with Gasteiger partial charge in [-0.15, -0.1) is 0 Å². The highest BCUT2D eigenvalue weighted by atomic mass is 16.3. The molecule has 0 bridgehead atoms. The van der Waals surface area contributed by atoms with E-state index >= 15 is 0 Å². The molecule has 0 radical (unpaired) electrons. The summed E-state index contributed by atoms with van der Waals surface area (Å²) in [6.45, 7) is 5.62. The first kappa shape index (κ1) is 28.1. The van der Waals surface area contributed by atoms with E-state index in [1.165, 1.54) is 95.6 Å². The third kappa shape index (κ3) is 15.8. The molecule has 0 aliphatic carbocycles. The first-order valence-corrected chi connectivity index (χ1v) is 13.3. The number of rotatable bonds is 17. The molecule has 32 heavy (non-hydrogen) atoms. The van der Waals surface area contributed by atoms with Gasteiger partial charge in [0.2, 0.25) is 0 Å². The zero-order valence-electron chi connectivity index (χ0n) is 21.0. The number of aromatic hydroxyl groups is 1. The van der Waals surface area contributed by atoms with Crippen LogP contribution in [0, 0.1) is 0 Å². The van der Waals surface area contributed by atoms with E-state index < -0.39 is 0 Å². The van der Waals surface area contributed by atoms with Gasteiger partial charge in [0.05, 0.1) is 0 Å². The zero-order valence-corrected chi connectivity index (χ0v) is 21.0. The summed E-state index contributed by atoms with van der Waals surface area (Å²) in [5, 5.41) is 13.0. The van der Waals surface area contributed by atoms with Crippen LogP contribution in [0.1, 0.15) is 109 Å². The minimum absolute atomic E-state index is 0.452. The van der Waals surface area contributed by atoms with E-state index in [2.05, 4.69) is 49.5 Å². The smallest absolute Gasteiger partial charge is 0.118 e. The van der Waals surface area contributed by atoms with Crippen LogP contribution in [0.5, 0.6) is 5.75 Å². The zero-order chi connectivity index (χ0) is 23.1. The average Bonchev–Trinajstić information content (AvgIpc) is 2.82. The molecule has 2 aromatic carbocycles. The van der Waals surface area contributed by atoms with Crippen molar-refractivity contribution in [2.75, 3.05) is 11.9 Å². The van der Waals surface area contributed by atoms with Gasteiger partial charge in [-0.2, -0.15) is 0 Å². The molecule has 180 valence electrons. The number of unbranched alkanes of at least 4 members (excludes halogenated alkanes) is 12. The SMILES string of the molecule is CCCCCCCCCNc1ccccc1.CCCCCCCCCc1ccccc1O. The van der Waals surface area contributed by atoms with Gasteiger partial charge in [0.1, 0.15) is 5.75 Å². The maximum Gasteiger partial charge on any atom is 0.118 e. The van der Waals surface area contributed by atoms with Crippen molar-refractivity contribution in [3.63, 3.8) is 0 Å². The summed E-state index contributed by atoms with van der Waals surface area (Å²) >= 11 is 0. The first-order valence-electron chi connectivity index (χ1n) is 13.3. The number of para-hydroxylation sites is 2. The van der Waals surface area contributed by atoms with Gasteiger partial charge in [0, 0.05) is 12.2 Å². The Balaban J connectivity index is 0.000000320. The van der Waals surface area contributed by atoms with Crippen LogP contribution in [0.4, 0.5) is 5.69 Å². The molecule has 0 spiro atoms. The summed E-state index contributed by atoms with van der Waals surface area (Å²) in [6, 6.07) is 18.1. The number of hydrogen-bond acceptors (Lipinski definition) is 2. The predicted octanol–water partition coefficient (Wildman–Crippen LogP) is 9.53. The van der Waals surface area contributed by atoms with Crippen molar-refractivity contribution in [3.8, 4) is 5.75 Å². The van der Waals surface area contributed by atoms with Gasteiger partial charge in [-0.25, -0.2) is 0 Å². The van der Waals surface area contributed by atoms with Gasteiger partial charge in [0.15, 0.2) is 0 Å². The van der Waals surface area contributed by atoms with Crippen molar-refractivity contribution in [1.82, 2.24) is 0 Å². The second kappa shape index (κ2) is 20.9. The molecule has 0 saturated carbocycles. The molecule has 2 heteroatoms. The molecule has 0 fully saturated rings. The standard InChI is InChI=1S/C15H25N.C15H24O/c1-2-3-4-5-6-7-11-14-16-15-12-9-8-10-13-15;1-2-3-4-5-6-7-8-11-14-12-9-10-13-15(14)16/h8-10,12-13,16H,2-7,11,14H2,1H3;9-10,12-13,16H,2-8,11H2,1H3. The van der Waals surface area contributed by atoms with Crippen LogP contribution in [-0.4, -0.2) is 11.7 Å². The highest BCUT2D eigenvalue weighted by Crippen LogP contribution is 2.18. The molecule has 2 aromatic rings. The van der Waals surface area contributed by atoms with E-state index in [1.54, 1.807) is 6.07 Å². The van der Waals surface area contributed by atoms with Crippen LogP contribution < -0.4 is 5.32 Å². The maximum absolute atomic E-state index is 9.58. The molecule has 0 aliphatic heterocycles. The van der Waals surface area contributed by atoms with Crippen molar-refractivity contribution in [3.05, 3.63) is 60.2 Å². The molecule has 0 saturated heterocycles. The fourth-order valence-corrected chi connectivity index (χ4v) is 3.87. The van der Waals surface area contributed by atoms with E-state index in [9.17, 15) is 5.11 Å². The van der Waals surface area contributed by atoms with Crippen LogP contribution in [0.15, 0.2) is 54.6 Å². The Morgan fingerprint density at radius 3 is 1.66 bits per heavy atom. The number of hydrogen-bond donors (Lipinski definition) is 2. The van der Waals surface area contributed by atoms with E-state index in [0.717, 1.165) is 18.5 Å². The van der Waals surface area contributed by atoms with Crippen molar-refractivity contribution >= 4 is 5.69 Å². The van der Waals surface area contributed by atoms with E-state index in [-0.39, 0.29) is 0 Å². The molecule has 2 nitrogen and oxygen atoms in total. The summed E-state index contributed by atoms with van der Waals surface area (Å²) in [5.41, 5.74) is 2.34. The lowest BCUT2D eigenvalue weighted by Crippen LogP contribution is -2.00. The first-order chi connectivity index (χ1) is 15.8. The van der Waals surface area contributed by atoms with Gasteiger partial charge in [-0.3, -0.25) is 0 Å². The molecule has 2 N–H and O–H groups in total. The van der Waals surface area contributed by atoms with Crippen LogP contribution in [-0.2, 0) is 6.42 Å². The summed E-state index contributed by atoms with van der Waals surface area (Å²) < 4.78 is 0. The second-order valence-electron chi connectivity index (χ2n) is 8.91. The third-order valence-electron chi connectivity index (χ3n) is 5.92. The van der Waals surface area contributed by atoms with E-state index in [0.29, 0.717) is 5.75 Å². The lowest BCUT2D eigenvalue weighted by molar-refractivity contribution is 0.466. The number of nitrogens with one attached hydrogen (secondary N) is 1. The van der Waals surface area contributed by atoms with Gasteiger partial charge in [-0.05, 0) is 43.0 Å². The van der Waals surface area contributed by atoms with Crippen molar-refractivity contribution in [2.24, 2.45) is 0 Å². The minimum Gasteiger partial charge on any atom is -0.508 e. The molecule has 0 unspecified atom stereocenters. The highest BCUT2D eigenvalue weighted by molar-refractivity contribution is 5.42. The van der Waals surface area contributed by atoms with Crippen molar-refractivity contribution in [1.29, 1.82) is 0 Å². The highest BCUT2D eigenvalue weighted by Gasteiger charge is 1.99. The lowest BCUT2D eigenvalue weighted by Gasteiger charge is -2.05. The molecule has 0 aromatic heterocycles. The summed E-state index contributed by atoms with van der Waals surface area (Å²) in [4.78, 5) is 0. The number of phenolic OH excluding ortho intramolecular Hbond substituents is 1. The molecule has 0 amide bonds. The lowest BCUT2D eigenvalue weighted by atomic mass is 10.0. The monoisotopic (exact) mass is 439 g/mol. The summed E-state index contributed by atoms with van der Waals surface area (Å²) in [5.74, 6) is 0.452. The Kier molecular flexibility index (Phi) is 18.3. The molecule has 0 atom stereocenters. The molecular weight excluding hydrogens is 390 g/mol. The maximum atomic E-state index is 9.58. The van der Waals surface area contributed by atoms with Gasteiger partial charge < -0.3 is 10.4 Å². The van der Waals surface area contributed by atoms with Crippen LogP contribution in [0.2, 0.25) is 0 Å². The summed E-state index contributed by atoms with van der Waals surface area (Å²) in [7, 11) is 0. The fourth-order valence-electron chi connectivity index (χ4n) is 3.87. The largest absolute Gasteiger partial charge is 0.508 e. The van der Waals surface area contributed by atoms with Gasteiger partial charge >= 0.3 is 0 Å². The predicted molar refractivity (Wildman–Crippen MR) is 143 cm³/mol. The van der Waals surface area contributed by atoms with E-state index in [1.807, 2.05) is 18.2 Å². The number of phenols is 1. The van der Waals surface area contributed by atoms with Crippen LogP contribution >= 0.6 is 0 Å². The molecule has 0 heterocycles. The summed E-state index contributed by atoms with van der Waals surface area (Å²) in [6.07, 6.45) is 19.9. The van der Waals surface area contributed by atoms with Gasteiger partial charge in [-0.1, -0.05) is 127 Å². The van der Waals surface area contributed by atoms with Gasteiger partial charge in [0.25, 0.3) is 0 Å². The third-order valence-corrected chi connectivity index (χ3v) is 5.92. The molecule has 2 rings (SSSR count). The number of anilines is 1. The normalized spacial score (nSPS) is 10.4. The number of benzene rings is 2. The Morgan fingerprint density at radius 2 is 1.06 bits per heavy atom. The average molecular weight is 440 g/mol. The van der Waals surface area contributed by atoms with Crippen molar-refractivity contribution in [2.45, 2.75) is 110 Å². The quantitative estimate of drug-likeness (QED) is 0.240. The number of aryl methyl sites for hydroxylation is 1. The Bertz CT molecular complexity index is 640. The Hall–Kier alpha value is -1.96. The molecular formula is C30H49NO. The molecule has 0 aliphatic rings. The Morgan fingerprint density at radius 1 is 0.562 bits per heavy atom. The Labute approximate surface area is 198 Å². The topological polar surface area (TPSA) is 32.3 Å². The van der Waals surface area contributed by atoms with Crippen LogP contribution in [0.25, 0.3) is 0 Å². The van der Waals surface area contributed by atoms with Crippen molar-refractivity contribution < 1.29 is 5.11 Å².